The van der Waals surface area contributed by atoms with Crippen LogP contribution in [0.2, 0.25) is 0 Å². The van der Waals surface area contributed by atoms with Gasteiger partial charge in [-0.3, -0.25) is 9.59 Å². The van der Waals surface area contributed by atoms with Gasteiger partial charge >= 0.3 is 0 Å². The van der Waals surface area contributed by atoms with Gasteiger partial charge in [0.15, 0.2) is 11.6 Å². The average molecular weight is 525 g/mol. The molecule has 8 fully saturated rings. The third kappa shape index (κ3) is 6.10. The van der Waals surface area contributed by atoms with Crippen molar-refractivity contribution in [3.63, 3.8) is 0 Å². The van der Waals surface area contributed by atoms with E-state index in [4.69, 9.17) is 0 Å². The minimum Gasteiger partial charge on any atom is -0.295 e. The summed E-state index contributed by atoms with van der Waals surface area (Å²) in [5.74, 6) is 7.86. The molecule has 2 heteroatoms. The second kappa shape index (κ2) is 12.6. The first-order chi connectivity index (χ1) is 18.0. The van der Waals surface area contributed by atoms with E-state index >= 15 is 0 Å². The molecule has 0 aromatic heterocycles. The number of hydrogen-bond acceptors (Lipinski definition) is 2. The Morgan fingerprint density at radius 1 is 0.526 bits per heavy atom. The quantitative estimate of drug-likeness (QED) is 0.324. The van der Waals surface area contributed by atoms with Crippen LogP contribution in [0.3, 0.4) is 0 Å². The van der Waals surface area contributed by atoms with Crippen LogP contribution in [-0.4, -0.2) is 11.6 Å². The summed E-state index contributed by atoms with van der Waals surface area (Å²) in [4.78, 5) is 24.1. The zero-order valence-electron chi connectivity index (χ0n) is 26.3. The van der Waals surface area contributed by atoms with E-state index in [1.165, 1.54) is 64.2 Å². The molecule has 8 bridgehead atoms. The summed E-state index contributed by atoms with van der Waals surface area (Å²) < 4.78 is 0. The molecule has 8 aliphatic rings. The summed E-state index contributed by atoms with van der Waals surface area (Å²) in [6.45, 7) is 24.1. The van der Waals surface area contributed by atoms with Crippen LogP contribution < -0.4 is 0 Å². The van der Waals surface area contributed by atoms with E-state index in [1.807, 2.05) is 41.5 Å². The van der Waals surface area contributed by atoms with Crippen LogP contribution >= 0.6 is 0 Å². The fourth-order valence-electron chi connectivity index (χ4n) is 10.1. The number of carbonyl (C=O) groups excluding carboxylic acids is 2. The third-order valence-electron chi connectivity index (χ3n) is 12.0. The Morgan fingerprint density at radius 2 is 0.737 bits per heavy atom. The lowest BCUT2D eigenvalue weighted by Crippen LogP contribution is -2.52. The molecule has 0 radical (unpaired) electrons. The van der Waals surface area contributed by atoms with Gasteiger partial charge in [0, 0.05) is 12.8 Å². The molecule has 0 N–H and O–H groups in total. The molecule has 0 heterocycles. The maximum absolute atomic E-state index is 12.0. The zero-order valence-corrected chi connectivity index (χ0v) is 26.3. The predicted molar refractivity (Wildman–Crippen MR) is 162 cm³/mol. The number of ketones is 2. The first kappa shape index (κ1) is 31.3. The van der Waals surface area contributed by atoms with Crippen molar-refractivity contribution in [2.24, 2.45) is 58.2 Å². The smallest absolute Gasteiger partial charge is 0.158 e. The SMILES string of the molecule is C=C(C)C(=O)CC1(C)C2CC3CC(C2)CC1C3.C=C(C)C(=O)CC1(C)C2CC3CC(C2)CC1C3.CC.CC. The highest BCUT2D eigenvalue weighted by Gasteiger charge is 2.56. The first-order valence-corrected chi connectivity index (χ1v) is 16.3. The summed E-state index contributed by atoms with van der Waals surface area (Å²) >= 11 is 0. The number of carbonyl (C=O) groups is 2. The summed E-state index contributed by atoms with van der Waals surface area (Å²) in [6.07, 6.45) is 15.7. The van der Waals surface area contributed by atoms with Crippen molar-refractivity contribution in [1.29, 1.82) is 0 Å². The molecule has 0 aliphatic heterocycles. The fraction of sp³-hybridized carbons (Fsp3) is 0.833. The summed E-state index contributed by atoms with van der Waals surface area (Å²) in [6, 6.07) is 0. The summed E-state index contributed by atoms with van der Waals surface area (Å²) in [7, 11) is 0. The molecule has 0 unspecified atom stereocenters. The fourth-order valence-corrected chi connectivity index (χ4v) is 10.1. The van der Waals surface area contributed by atoms with Gasteiger partial charge in [0.2, 0.25) is 0 Å². The number of rotatable bonds is 6. The van der Waals surface area contributed by atoms with Crippen molar-refractivity contribution < 1.29 is 9.59 Å². The van der Waals surface area contributed by atoms with E-state index in [-0.39, 0.29) is 0 Å². The molecule has 8 saturated carbocycles. The van der Waals surface area contributed by atoms with Crippen molar-refractivity contribution >= 4 is 11.6 Å². The molecule has 8 aliphatic carbocycles. The van der Waals surface area contributed by atoms with Gasteiger partial charge in [-0.1, -0.05) is 54.7 Å². The second-order valence-corrected chi connectivity index (χ2v) is 14.4. The van der Waals surface area contributed by atoms with Gasteiger partial charge in [0.05, 0.1) is 0 Å². The molecule has 0 saturated heterocycles. The van der Waals surface area contributed by atoms with Gasteiger partial charge in [-0.25, -0.2) is 0 Å². The van der Waals surface area contributed by atoms with Gasteiger partial charge in [-0.05, 0) is 147 Å². The van der Waals surface area contributed by atoms with Crippen molar-refractivity contribution in [2.75, 3.05) is 0 Å². The summed E-state index contributed by atoms with van der Waals surface area (Å²) in [5, 5.41) is 0. The molecule has 8 rings (SSSR count). The monoisotopic (exact) mass is 524 g/mol. The van der Waals surface area contributed by atoms with Crippen LogP contribution in [-0.2, 0) is 9.59 Å². The van der Waals surface area contributed by atoms with Crippen LogP contribution in [0.25, 0.3) is 0 Å². The predicted octanol–water partition coefficient (Wildman–Crippen LogP) is 10.0. The Labute approximate surface area is 235 Å². The van der Waals surface area contributed by atoms with Crippen molar-refractivity contribution in [2.45, 2.75) is 132 Å². The maximum Gasteiger partial charge on any atom is 0.158 e. The van der Waals surface area contributed by atoms with Crippen LogP contribution in [0.15, 0.2) is 24.3 Å². The molecule has 0 aromatic carbocycles. The Kier molecular flexibility index (Phi) is 10.4. The van der Waals surface area contributed by atoms with Gasteiger partial charge in [-0.15, -0.1) is 0 Å². The van der Waals surface area contributed by atoms with Crippen LogP contribution in [0, 0.1) is 58.2 Å². The molecule has 216 valence electrons. The highest BCUT2D eigenvalue weighted by molar-refractivity contribution is 5.95. The van der Waals surface area contributed by atoms with Crippen LogP contribution in [0.1, 0.15) is 132 Å². The number of Topliss-reactive ketones (excluding diaryl/α,β-unsaturated/α-hetero) is 2. The highest BCUT2D eigenvalue weighted by Crippen LogP contribution is 2.64. The van der Waals surface area contributed by atoms with E-state index in [0.717, 1.165) is 71.3 Å². The summed E-state index contributed by atoms with van der Waals surface area (Å²) in [5.41, 5.74) is 2.09. The average Bonchev–Trinajstić information content (AvgIpc) is 2.88. The van der Waals surface area contributed by atoms with Gasteiger partial charge in [0.25, 0.3) is 0 Å². The molecule has 0 aromatic rings. The first-order valence-electron chi connectivity index (χ1n) is 16.3. The number of hydrogen-bond donors (Lipinski definition) is 0. The van der Waals surface area contributed by atoms with Crippen molar-refractivity contribution in [1.82, 2.24) is 0 Å². The van der Waals surface area contributed by atoms with Crippen LogP contribution in [0.4, 0.5) is 0 Å². The minimum absolute atomic E-state index is 0.295. The molecule has 2 nitrogen and oxygen atoms in total. The van der Waals surface area contributed by atoms with E-state index in [1.54, 1.807) is 0 Å². The highest BCUT2D eigenvalue weighted by atomic mass is 16.1. The number of allylic oxidation sites excluding steroid dienone is 2. The van der Waals surface area contributed by atoms with E-state index in [9.17, 15) is 9.59 Å². The molecule has 0 amide bonds. The van der Waals surface area contributed by atoms with E-state index in [0.29, 0.717) is 22.4 Å². The Hall–Kier alpha value is -1.18. The normalized spacial score (nSPS) is 42.5. The third-order valence-corrected chi connectivity index (χ3v) is 12.0. The topological polar surface area (TPSA) is 34.1 Å². The largest absolute Gasteiger partial charge is 0.295 e. The maximum atomic E-state index is 12.0. The lowest BCUT2D eigenvalue weighted by Gasteiger charge is -2.60. The molecule has 38 heavy (non-hydrogen) atoms. The standard InChI is InChI=1S/2C16H24O.2C2H6/c2*1-10(2)15(17)9-16(3)13-5-11-4-12(7-13)8-14(16)6-11;2*1-2/h2*11-14H,1,4-9H2,2-3H3;2*1-2H3. The lowest BCUT2D eigenvalue weighted by atomic mass is 9.45. The molecule has 0 atom stereocenters. The van der Waals surface area contributed by atoms with Gasteiger partial charge in [-0.2, -0.15) is 0 Å². The van der Waals surface area contributed by atoms with Gasteiger partial charge in [0.1, 0.15) is 0 Å². The van der Waals surface area contributed by atoms with Crippen molar-refractivity contribution in [3.8, 4) is 0 Å². The minimum atomic E-state index is 0.295. The second-order valence-electron chi connectivity index (χ2n) is 14.4. The lowest BCUT2D eigenvalue weighted by molar-refractivity contribution is -0.132. The van der Waals surface area contributed by atoms with Crippen molar-refractivity contribution in [3.05, 3.63) is 24.3 Å². The van der Waals surface area contributed by atoms with Gasteiger partial charge < -0.3 is 0 Å². The molecule has 0 spiro atoms. The molecular weight excluding hydrogens is 464 g/mol. The van der Waals surface area contributed by atoms with Crippen LogP contribution in [0.5, 0.6) is 0 Å². The molecular formula is C36H60O2. The van der Waals surface area contributed by atoms with E-state index < -0.39 is 0 Å². The van der Waals surface area contributed by atoms with E-state index in [2.05, 4.69) is 27.0 Å². The Bertz CT molecular complexity index is 748. The Morgan fingerprint density at radius 3 is 0.921 bits per heavy atom. The zero-order chi connectivity index (χ0) is 28.4. The Balaban J connectivity index is 0.000000187.